The highest BCUT2D eigenvalue weighted by Gasteiger charge is 2.35. The predicted octanol–water partition coefficient (Wildman–Crippen LogP) is 3.12. The average molecular weight is 424 g/mol. The van der Waals surface area contributed by atoms with Crippen LogP contribution in [-0.2, 0) is 16.0 Å². The maximum atomic E-state index is 12.7. The van der Waals surface area contributed by atoms with Gasteiger partial charge < -0.3 is 4.90 Å². The van der Waals surface area contributed by atoms with Gasteiger partial charge in [-0.1, -0.05) is 11.3 Å². The van der Waals surface area contributed by atoms with Crippen LogP contribution < -0.4 is 4.90 Å². The van der Waals surface area contributed by atoms with Crippen molar-refractivity contribution >= 4 is 31.9 Å². The fraction of sp³-hybridized carbons (Fsp3) is 0.500. The summed E-state index contributed by atoms with van der Waals surface area (Å²) in [5.41, 5.74) is -1.32. The lowest BCUT2D eigenvalue weighted by atomic mass is 10.1. The van der Waals surface area contributed by atoms with Crippen molar-refractivity contribution < 1.29 is 26.5 Å². The second-order valence-electron chi connectivity index (χ2n) is 6.21. The summed E-state index contributed by atoms with van der Waals surface area (Å²) in [6.07, 6.45) is -1.20. The molecular weight excluding hydrogens is 409 g/mol. The minimum atomic E-state index is -4.55. The molecular formula is C14H15F3N4O4S2. The number of piperidine rings is 1. The Morgan fingerprint density at radius 1 is 1.41 bits per heavy atom. The van der Waals surface area contributed by atoms with E-state index in [1.54, 1.807) is 4.90 Å². The number of aromatic nitrogens is 2. The van der Waals surface area contributed by atoms with Crippen LogP contribution in [0.1, 0.15) is 24.6 Å². The third-order valence-electron chi connectivity index (χ3n) is 4.19. The van der Waals surface area contributed by atoms with Gasteiger partial charge >= 0.3 is 11.9 Å². The van der Waals surface area contributed by atoms with Crippen LogP contribution >= 0.6 is 11.3 Å². The van der Waals surface area contributed by atoms with Crippen LogP contribution in [-0.4, -0.2) is 42.5 Å². The number of hydrogen-bond acceptors (Lipinski definition) is 7. The van der Waals surface area contributed by atoms with E-state index in [0.717, 1.165) is 29.7 Å². The van der Waals surface area contributed by atoms with Crippen LogP contribution in [0, 0.1) is 10.1 Å². The Hall–Kier alpha value is -2.15. The van der Waals surface area contributed by atoms with E-state index in [9.17, 15) is 31.7 Å². The van der Waals surface area contributed by atoms with Gasteiger partial charge in [-0.05, 0) is 18.9 Å². The maximum Gasteiger partial charge on any atom is 0.435 e. The molecule has 2 aromatic rings. The fourth-order valence-electron chi connectivity index (χ4n) is 2.94. The monoisotopic (exact) mass is 424 g/mol. The molecule has 0 spiro atoms. The largest absolute Gasteiger partial charge is 0.435 e. The van der Waals surface area contributed by atoms with Gasteiger partial charge in [0.05, 0.1) is 11.0 Å². The van der Waals surface area contributed by atoms with E-state index in [-0.39, 0.29) is 21.4 Å². The molecule has 0 amide bonds. The van der Waals surface area contributed by atoms with Crippen LogP contribution in [0.3, 0.4) is 0 Å². The lowest BCUT2D eigenvalue weighted by molar-refractivity contribution is -0.383. The predicted molar refractivity (Wildman–Crippen MR) is 91.8 cm³/mol. The van der Waals surface area contributed by atoms with Gasteiger partial charge in [0, 0.05) is 31.6 Å². The van der Waals surface area contributed by atoms with Crippen molar-refractivity contribution in [3.05, 3.63) is 34.1 Å². The molecule has 3 rings (SSSR count). The van der Waals surface area contributed by atoms with Gasteiger partial charge in [0.15, 0.2) is 20.5 Å². The number of halogens is 3. The third-order valence-corrected chi connectivity index (χ3v) is 7.18. The van der Waals surface area contributed by atoms with Crippen LogP contribution in [0.15, 0.2) is 22.5 Å². The number of hydrogen-bond donors (Lipinski definition) is 0. The molecule has 1 aliphatic rings. The molecule has 0 bridgehead atoms. The Balaban J connectivity index is 1.89. The van der Waals surface area contributed by atoms with Gasteiger partial charge in [0.2, 0.25) is 0 Å². The molecule has 27 heavy (non-hydrogen) atoms. The summed E-state index contributed by atoms with van der Waals surface area (Å²) >= 11 is 0.795. The number of alkyl halides is 3. The van der Waals surface area contributed by atoms with Gasteiger partial charge in [0.25, 0.3) is 0 Å². The highest BCUT2D eigenvalue weighted by molar-refractivity contribution is 7.92. The van der Waals surface area contributed by atoms with Crippen LogP contribution in [0.2, 0.25) is 0 Å². The van der Waals surface area contributed by atoms with E-state index in [4.69, 9.17) is 0 Å². The van der Waals surface area contributed by atoms with Crippen molar-refractivity contribution in [2.75, 3.05) is 24.2 Å². The van der Waals surface area contributed by atoms with E-state index in [1.165, 1.54) is 10.9 Å². The molecule has 0 aromatic carbocycles. The number of rotatable bonds is 4. The van der Waals surface area contributed by atoms with E-state index in [1.807, 2.05) is 0 Å². The first kappa shape index (κ1) is 19.6. The summed E-state index contributed by atoms with van der Waals surface area (Å²) in [4.78, 5) is 12.3. The molecule has 0 saturated carbocycles. The van der Waals surface area contributed by atoms with Crippen molar-refractivity contribution in [1.29, 1.82) is 0 Å². The highest BCUT2D eigenvalue weighted by atomic mass is 32.2. The number of sulfone groups is 1. The van der Waals surface area contributed by atoms with Crippen molar-refractivity contribution in [1.82, 2.24) is 9.78 Å². The fourth-order valence-corrected chi connectivity index (χ4v) is 5.00. The first-order valence-corrected chi connectivity index (χ1v) is 10.5. The number of nitrogens with zero attached hydrogens (tertiary/aromatic N) is 4. The third kappa shape index (κ3) is 4.08. The zero-order chi connectivity index (χ0) is 20.0. The molecule has 13 heteroatoms. The van der Waals surface area contributed by atoms with Gasteiger partial charge in [0.1, 0.15) is 4.21 Å². The Morgan fingerprint density at radius 3 is 2.67 bits per heavy atom. The Bertz CT molecular complexity index is 967. The smallest absolute Gasteiger partial charge is 0.356 e. The van der Waals surface area contributed by atoms with Gasteiger partial charge in [-0.15, -0.1) is 0 Å². The Kier molecular flexibility index (Phi) is 4.93. The zero-order valence-electron chi connectivity index (χ0n) is 14.0. The maximum absolute atomic E-state index is 12.7. The molecule has 8 nitrogen and oxygen atoms in total. The van der Waals surface area contributed by atoms with Crippen LogP contribution in [0.5, 0.6) is 0 Å². The molecule has 0 aliphatic carbocycles. The number of anilines is 1. The molecule has 0 radical (unpaired) electrons. The molecule has 1 atom stereocenters. The molecule has 148 valence electrons. The zero-order valence-corrected chi connectivity index (χ0v) is 15.6. The van der Waals surface area contributed by atoms with E-state index >= 15 is 0 Å². The van der Waals surface area contributed by atoms with Crippen molar-refractivity contribution in [3.8, 4) is 0 Å². The summed E-state index contributed by atoms with van der Waals surface area (Å²) in [6.45, 7) is 0.637. The van der Waals surface area contributed by atoms with Gasteiger partial charge in [-0.25, -0.2) is 8.42 Å². The molecule has 0 N–H and O–H groups in total. The molecule has 1 fully saturated rings. The topological polar surface area (TPSA) is 98.3 Å². The quantitative estimate of drug-likeness (QED) is 0.553. The summed E-state index contributed by atoms with van der Waals surface area (Å²) in [5, 5.41) is 15.1. The normalized spacial score (nSPS) is 18.7. The van der Waals surface area contributed by atoms with Crippen molar-refractivity contribution in [2.45, 2.75) is 29.3 Å². The number of thiophene rings is 1. The summed E-state index contributed by atoms with van der Waals surface area (Å²) < 4.78 is 62.8. The van der Waals surface area contributed by atoms with Gasteiger partial charge in [-0.3, -0.25) is 14.8 Å². The van der Waals surface area contributed by atoms with Crippen molar-refractivity contribution in [3.63, 3.8) is 0 Å². The lowest BCUT2D eigenvalue weighted by Gasteiger charge is -2.33. The van der Waals surface area contributed by atoms with E-state index in [2.05, 4.69) is 5.10 Å². The Morgan fingerprint density at radius 2 is 2.11 bits per heavy atom. The second-order valence-corrected chi connectivity index (χ2v) is 9.48. The average Bonchev–Trinajstić information content (AvgIpc) is 3.21. The van der Waals surface area contributed by atoms with E-state index in [0.29, 0.717) is 19.4 Å². The lowest BCUT2D eigenvalue weighted by Crippen LogP contribution is -2.36. The second kappa shape index (κ2) is 6.78. The molecule has 1 unspecified atom stereocenters. The minimum absolute atomic E-state index is 0.121. The highest BCUT2D eigenvalue weighted by Crippen LogP contribution is 2.42. The first-order chi connectivity index (χ1) is 12.5. The number of nitro groups is 1. The van der Waals surface area contributed by atoms with E-state index < -0.39 is 32.7 Å². The SMILES string of the molecule is CS(=O)(=O)c1cc([N+](=O)[O-])c(N2CCCC(n3ccc(C(F)(F)F)n3)C2)s1. The van der Waals surface area contributed by atoms with Crippen LogP contribution in [0.25, 0.3) is 0 Å². The van der Waals surface area contributed by atoms with Crippen molar-refractivity contribution in [2.24, 2.45) is 0 Å². The van der Waals surface area contributed by atoms with Gasteiger partial charge in [-0.2, -0.15) is 18.3 Å². The summed E-state index contributed by atoms with van der Waals surface area (Å²) in [6, 6.07) is 1.50. The Labute approximate surface area is 156 Å². The summed E-state index contributed by atoms with van der Waals surface area (Å²) in [5.74, 6) is 0. The molecule has 3 heterocycles. The molecule has 1 saturated heterocycles. The molecule has 1 aliphatic heterocycles. The minimum Gasteiger partial charge on any atom is -0.356 e. The molecule has 2 aromatic heterocycles. The summed E-state index contributed by atoms with van der Waals surface area (Å²) in [7, 11) is -3.61. The first-order valence-electron chi connectivity index (χ1n) is 7.82. The van der Waals surface area contributed by atoms with Crippen LogP contribution in [0.4, 0.5) is 23.9 Å². The standard InChI is InChI=1S/C14H15F3N4O4S2/c1-27(24,25)12-7-10(21(22)23)13(26-12)19-5-2-3-9(8-19)20-6-4-11(18-20)14(15,16)17/h4,6-7,9H,2-3,5,8H2,1H3.